The summed E-state index contributed by atoms with van der Waals surface area (Å²) in [6.45, 7) is 6.36. The molecule has 0 rings (SSSR count). The Morgan fingerprint density at radius 2 is 0.534 bits per heavy atom. The number of ether oxygens (including phenoxy) is 3. The summed E-state index contributed by atoms with van der Waals surface area (Å²) in [6.07, 6.45) is 83.4. The maximum Gasteiger partial charge on any atom is 0.306 e. The fourth-order valence-corrected chi connectivity index (χ4v) is 7.98. The van der Waals surface area contributed by atoms with Crippen LogP contribution in [0.2, 0.25) is 0 Å². The van der Waals surface area contributed by atoms with Crippen molar-refractivity contribution in [1.29, 1.82) is 0 Å². The van der Waals surface area contributed by atoms with Crippen molar-refractivity contribution in [3.63, 3.8) is 0 Å². The van der Waals surface area contributed by atoms with E-state index in [1.807, 2.05) is 0 Å². The monoisotopic (exact) mass is 1010 g/mol. The lowest BCUT2D eigenvalue weighted by molar-refractivity contribution is -0.167. The van der Waals surface area contributed by atoms with E-state index in [4.69, 9.17) is 14.2 Å². The van der Waals surface area contributed by atoms with E-state index in [0.29, 0.717) is 19.3 Å². The van der Waals surface area contributed by atoms with Gasteiger partial charge in [-0.2, -0.15) is 0 Å². The molecule has 0 aromatic carbocycles. The van der Waals surface area contributed by atoms with E-state index in [0.717, 1.165) is 135 Å². The van der Waals surface area contributed by atoms with Crippen molar-refractivity contribution in [1.82, 2.24) is 0 Å². The molecule has 0 radical (unpaired) electrons. The molecule has 0 N–H and O–H groups in total. The van der Waals surface area contributed by atoms with E-state index in [2.05, 4.69) is 142 Å². The summed E-state index contributed by atoms with van der Waals surface area (Å²) < 4.78 is 16.8. The molecule has 0 saturated carbocycles. The lowest BCUT2D eigenvalue weighted by Gasteiger charge is -2.18. The van der Waals surface area contributed by atoms with Crippen LogP contribution in [0.3, 0.4) is 0 Å². The number of hydrogen-bond donors (Lipinski definition) is 0. The Balaban J connectivity index is 4.44. The van der Waals surface area contributed by atoms with Crippen LogP contribution < -0.4 is 0 Å². The van der Waals surface area contributed by atoms with Crippen LogP contribution in [-0.2, 0) is 28.6 Å². The van der Waals surface area contributed by atoms with Gasteiger partial charge in [0.15, 0.2) is 6.10 Å². The first-order valence-electron chi connectivity index (χ1n) is 30.0. The molecule has 0 aromatic rings. The lowest BCUT2D eigenvalue weighted by atomic mass is 10.1. The normalized spacial score (nSPS) is 13.0. The summed E-state index contributed by atoms with van der Waals surface area (Å²) in [5, 5.41) is 0. The van der Waals surface area contributed by atoms with E-state index >= 15 is 0 Å². The first kappa shape index (κ1) is 68.8. The third-order valence-electron chi connectivity index (χ3n) is 12.4. The molecule has 6 heteroatoms. The number of rotatable bonds is 53. The number of carbonyl (C=O) groups is 3. The van der Waals surface area contributed by atoms with Gasteiger partial charge in [0.25, 0.3) is 0 Å². The SMILES string of the molecule is CC/C=C\C/C=C\C/C=C\C/C=C\C/C=C\C/C=C\CCCCCCC(=O)OCC(COC(=O)CCCCC/C=C\C/C=C\C/C=C\CC)OC(=O)CCCCCCCCCCC/C=C\CCCCCCCC. The van der Waals surface area contributed by atoms with Crippen LogP contribution in [-0.4, -0.2) is 37.2 Å². The summed E-state index contributed by atoms with van der Waals surface area (Å²) in [6, 6.07) is 0. The maximum atomic E-state index is 12.9. The third-order valence-corrected chi connectivity index (χ3v) is 12.4. The zero-order valence-corrected chi connectivity index (χ0v) is 47.4. The van der Waals surface area contributed by atoms with Crippen LogP contribution in [0.1, 0.15) is 265 Å². The highest BCUT2D eigenvalue weighted by atomic mass is 16.6. The van der Waals surface area contributed by atoms with Gasteiger partial charge in [-0.05, 0) is 128 Å². The Labute approximate surface area is 450 Å². The van der Waals surface area contributed by atoms with E-state index in [9.17, 15) is 14.4 Å². The highest BCUT2D eigenvalue weighted by Crippen LogP contribution is 2.15. The number of hydrogen-bond acceptors (Lipinski definition) is 6. The van der Waals surface area contributed by atoms with Gasteiger partial charge in [0.1, 0.15) is 13.2 Å². The molecule has 0 aromatic heterocycles. The predicted molar refractivity (Wildman–Crippen MR) is 316 cm³/mol. The first-order valence-corrected chi connectivity index (χ1v) is 30.0. The zero-order valence-electron chi connectivity index (χ0n) is 47.4. The van der Waals surface area contributed by atoms with Crippen molar-refractivity contribution in [2.45, 2.75) is 271 Å². The second-order valence-corrected chi connectivity index (χ2v) is 19.5. The fraction of sp³-hybridized carbons (Fsp3) is 0.657. The number of allylic oxidation sites excluding steroid dienone is 20. The van der Waals surface area contributed by atoms with Crippen LogP contribution in [0.4, 0.5) is 0 Å². The summed E-state index contributed by atoms with van der Waals surface area (Å²) in [5.74, 6) is -0.957. The second kappa shape index (κ2) is 60.4. The minimum atomic E-state index is -0.806. The molecule has 0 spiro atoms. The minimum absolute atomic E-state index is 0.104. The molecular weight excluding hydrogens is 901 g/mol. The van der Waals surface area contributed by atoms with Crippen molar-refractivity contribution in [3.8, 4) is 0 Å². The molecule has 0 aliphatic carbocycles. The Kier molecular flexibility index (Phi) is 56.9. The van der Waals surface area contributed by atoms with E-state index in [-0.39, 0.29) is 31.1 Å². The van der Waals surface area contributed by atoms with Crippen LogP contribution in [0, 0.1) is 0 Å². The molecule has 0 bridgehead atoms. The molecule has 73 heavy (non-hydrogen) atoms. The average molecular weight is 1010 g/mol. The van der Waals surface area contributed by atoms with Crippen LogP contribution in [0.15, 0.2) is 122 Å². The van der Waals surface area contributed by atoms with Crippen LogP contribution in [0.25, 0.3) is 0 Å². The Morgan fingerprint density at radius 3 is 0.863 bits per heavy atom. The first-order chi connectivity index (χ1) is 36.0. The van der Waals surface area contributed by atoms with Crippen molar-refractivity contribution in [2.24, 2.45) is 0 Å². The summed E-state index contributed by atoms with van der Waals surface area (Å²) >= 11 is 0. The van der Waals surface area contributed by atoms with Gasteiger partial charge in [-0.25, -0.2) is 0 Å². The van der Waals surface area contributed by atoms with Crippen molar-refractivity contribution < 1.29 is 28.6 Å². The number of unbranched alkanes of at least 4 members (excludes halogenated alkanes) is 22. The second-order valence-electron chi connectivity index (χ2n) is 19.5. The standard InChI is InChI=1S/C67H110O6/c1-4-7-10-13-16-19-22-25-27-29-31-32-33-34-36-37-39-42-45-48-51-54-57-60-66(69)72-63-64(62-71-65(68)59-56-53-50-47-44-41-24-21-18-15-12-9-6-3)73-67(70)61-58-55-52-49-46-43-40-38-35-30-28-26-23-20-17-14-11-8-5-2/h7,9-10,12,16,18-19,21,25-28,31-32,34,36,39,41-42,44,64H,4-6,8,11,13-15,17,20,22-24,29-30,33,35,37-38,40,43,45-63H2,1-3H3/b10-7-,12-9-,19-16-,21-18-,27-25-,28-26-,32-31-,36-34-,42-39-,44-41-. The topological polar surface area (TPSA) is 78.9 Å². The molecule has 0 heterocycles. The van der Waals surface area contributed by atoms with Gasteiger partial charge >= 0.3 is 17.9 Å². The van der Waals surface area contributed by atoms with Gasteiger partial charge in [-0.1, -0.05) is 239 Å². The van der Waals surface area contributed by atoms with E-state index < -0.39 is 6.10 Å². The van der Waals surface area contributed by atoms with Gasteiger partial charge in [-0.15, -0.1) is 0 Å². The third kappa shape index (κ3) is 58.6. The lowest BCUT2D eigenvalue weighted by Crippen LogP contribution is -2.30. The van der Waals surface area contributed by atoms with Crippen LogP contribution in [0.5, 0.6) is 0 Å². The minimum Gasteiger partial charge on any atom is -0.462 e. The van der Waals surface area contributed by atoms with E-state index in [1.165, 1.54) is 89.9 Å². The van der Waals surface area contributed by atoms with Crippen molar-refractivity contribution in [2.75, 3.05) is 13.2 Å². The van der Waals surface area contributed by atoms with Crippen molar-refractivity contribution in [3.05, 3.63) is 122 Å². The highest BCUT2D eigenvalue weighted by molar-refractivity contribution is 5.71. The van der Waals surface area contributed by atoms with Gasteiger partial charge in [0, 0.05) is 19.3 Å². The summed E-state index contributed by atoms with van der Waals surface area (Å²) in [7, 11) is 0. The number of carbonyl (C=O) groups excluding carboxylic acids is 3. The average Bonchev–Trinajstić information content (AvgIpc) is 3.39. The molecule has 0 aliphatic heterocycles. The molecule has 0 amide bonds. The molecule has 0 saturated heterocycles. The molecule has 414 valence electrons. The largest absolute Gasteiger partial charge is 0.462 e. The fourth-order valence-electron chi connectivity index (χ4n) is 7.98. The molecule has 1 atom stereocenters. The molecule has 1 unspecified atom stereocenters. The van der Waals surface area contributed by atoms with Gasteiger partial charge in [0.05, 0.1) is 0 Å². The summed E-state index contributed by atoms with van der Waals surface area (Å²) in [4.78, 5) is 38.2. The molecule has 0 fully saturated rings. The van der Waals surface area contributed by atoms with Gasteiger partial charge in [0.2, 0.25) is 0 Å². The van der Waals surface area contributed by atoms with Crippen LogP contribution >= 0.6 is 0 Å². The van der Waals surface area contributed by atoms with Crippen molar-refractivity contribution >= 4 is 17.9 Å². The summed E-state index contributed by atoms with van der Waals surface area (Å²) in [5.41, 5.74) is 0. The van der Waals surface area contributed by atoms with E-state index in [1.54, 1.807) is 0 Å². The number of esters is 3. The Bertz CT molecular complexity index is 1540. The Morgan fingerprint density at radius 1 is 0.288 bits per heavy atom. The molecule has 0 aliphatic rings. The van der Waals surface area contributed by atoms with Gasteiger partial charge < -0.3 is 14.2 Å². The quantitative estimate of drug-likeness (QED) is 0.0261. The molecular formula is C67H110O6. The highest BCUT2D eigenvalue weighted by Gasteiger charge is 2.19. The molecule has 6 nitrogen and oxygen atoms in total. The smallest absolute Gasteiger partial charge is 0.306 e. The maximum absolute atomic E-state index is 12.9. The zero-order chi connectivity index (χ0) is 52.9. The predicted octanol–water partition coefficient (Wildman–Crippen LogP) is 20.4. The Hall–Kier alpha value is -4.19. The van der Waals surface area contributed by atoms with Gasteiger partial charge in [-0.3, -0.25) is 14.4 Å².